The molecule has 1 amide bonds. The van der Waals surface area contributed by atoms with Crippen molar-refractivity contribution in [2.45, 2.75) is 19.8 Å². The van der Waals surface area contributed by atoms with E-state index in [9.17, 15) is 17.8 Å². The van der Waals surface area contributed by atoms with E-state index in [1.54, 1.807) is 21.6 Å². The van der Waals surface area contributed by atoms with E-state index in [-0.39, 0.29) is 41.2 Å². The second-order valence-corrected chi connectivity index (χ2v) is 7.32. The van der Waals surface area contributed by atoms with Crippen LogP contribution in [0.4, 0.5) is 0 Å². The van der Waals surface area contributed by atoms with Crippen LogP contribution in [0.15, 0.2) is 0 Å². The molecule has 0 aliphatic rings. The number of amides is 1. The minimum absolute atomic E-state index is 0. The zero-order valence-electron chi connectivity index (χ0n) is 10.1. The van der Waals surface area contributed by atoms with Crippen LogP contribution >= 0.6 is 21.6 Å². The monoisotopic (exact) mass is 309 g/mol. The van der Waals surface area contributed by atoms with Gasteiger partial charge in [-0.2, -0.15) is 0 Å². The summed E-state index contributed by atoms with van der Waals surface area (Å²) in [4.78, 5) is 10.5. The minimum Gasteiger partial charge on any atom is -0.748 e. The molecule has 0 aromatic carbocycles. The third-order valence-electron chi connectivity index (χ3n) is 1.51. The van der Waals surface area contributed by atoms with Crippen LogP contribution < -0.4 is 34.9 Å². The summed E-state index contributed by atoms with van der Waals surface area (Å²) < 4.78 is 30.8. The normalized spacial score (nSPS) is 10.7. The smallest absolute Gasteiger partial charge is 0.748 e. The van der Waals surface area contributed by atoms with Crippen molar-refractivity contribution in [3.63, 3.8) is 0 Å². The molecule has 0 heterocycles. The number of hydrogen-bond acceptors (Lipinski definition) is 6. The van der Waals surface area contributed by atoms with Crippen LogP contribution in [0, 0.1) is 0 Å². The largest absolute Gasteiger partial charge is 1.00 e. The van der Waals surface area contributed by atoms with Crippen molar-refractivity contribution in [2.24, 2.45) is 0 Å². The number of nitrogens with one attached hydrogen (secondary N) is 1. The van der Waals surface area contributed by atoms with Gasteiger partial charge >= 0.3 is 29.6 Å². The van der Waals surface area contributed by atoms with E-state index in [0.717, 1.165) is 17.9 Å². The molecular formula is C8H16NNaO4S3. The maximum atomic E-state index is 10.5. The molecule has 9 heteroatoms. The number of carbonyl (C=O) groups is 1. The van der Waals surface area contributed by atoms with Gasteiger partial charge in [0.25, 0.3) is 0 Å². The molecule has 0 unspecified atom stereocenters. The molecule has 17 heavy (non-hydrogen) atoms. The molecule has 0 radical (unpaired) electrons. The average molecular weight is 309 g/mol. The predicted octanol–water partition coefficient (Wildman–Crippen LogP) is -2.17. The van der Waals surface area contributed by atoms with Crippen molar-refractivity contribution >= 4 is 37.6 Å². The standard InChI is InChI=1S/C8H17NO4S3.Na/c1-8(10)9-4-6-15-14-5-2-3-7-16(11,12)13;/h2-7H2,1H3,(H,9,10)(H,11,12,13);/q;+1/p-1. The summed E-state index contributed by atoms with van der Waals surface area (Å²) in [5.41, 5.74) is 0. The van der Waals surface area contributed by atoms with Gasteiger partial charge in [0.2, 0.25) is 5.91 Å². The maximum absolute atomic E-state index is 10.5. The van der Waals surface area contributed by atoms with Gasteiger partial charge in [0.15, 0.2) is 0 Å². The van der Waals surface area contributed by atoms with Crippen molar-refractivity contribution in [1.82, 2.24) is 5.32 Å². The second-order valence-electron chi connectivity index (χ2n) is 3.10. The van der Waals surface area contributed by atoms with Gasteiger partial charge in [0.05, 0.1) is 10.1 Å². The Morgan fingerprint density at radius 1 is 1.24 bits per heavy atom. The van der Waals surface area contributed by atoms with E-state index in [4.69, 9.17) is 0 Å². The van der Waals surface area contributed by atoms with Gasteiger partial charge in [-0.1, -0.05) is 21.6 Å². The molecule has 0 saturated heterocycles. The summed E-state index contributed by atoms with van der Waals surface area (Å²) in [6.07, 6.45) is 1.14. The van der Waals surface area contributed by atoms with Crippen molar-refractivity contribution in [3.8, 4) is 0 Å². The number of carbonyl (C=O) groups excluding carboxylic acids is 1. The van der Waals surface area contributed by atoms with E-state index in [1.807, 2.05) is 0 Å². The Labute approximate surface area is 133 Å². The first-order chi connectivity index (χ1) is 7.42. The molecule has 5 nitrogen and oxygen atoms in total. The van der Waals surface area contributed by atoms with Crippen LogP contribution in [0.5, 0.6) is 0 Å². The molecule has 0 bridgehead atoms. The first kappa shape index (κ1) is 20.4. The third-order valence-corrected chi connectivity index (χ3v) is 4.80. The number of hydrogen-bond donors (Lipinski definition) is 1. The average Bonchev–Trinajstić information content (AvgIpc) is 2.13. The minimum atomic E-state index is -4.05. The van der Waals surface area contributed by atoms with Crippen LogP contribution in [-0.4, -0.2) is 42.7 Å². The predicted molar refractivity (Wildman–Crippen MR) is 67.4 cm³/mol. The quantitative estimate of drug-likeness (QED) is 0.226. The van der Waals surface area contributed by atoms with Gasteiger partial charge in [0, 0.05) is 30.7 Å². The van der Waals surface area contributed by atoms with Gasteiger partial charge in [-0.3, -0.25) is 4.79 Å². The van der Waals surface area contributed by atoms with E-state index < -0.39 is 10.1 Å². The van der Waals surface area contributed by atoms with Gasteiger partial charge in [-0.05, 0) is 12.8 Å². The van der Waals surface area contributed by atoms with Crippen molar-refractivity contribution in [3.05, 3.63) is 0 Å². The van der Waals surface area contributed by atoms with Crippen molar-refractivity contribution in [2.75, 3.05) is 23.8 Å². The van der Waals surface area contributed by atoms with Crippen LogP contribution in [0.25, 0.3) is 0 Å². The molecule has 0 rings (SSSR count). The first-order valence-electron chi connectivity index (χ1n) is 4.84. The molecule has 0 atom stereocenters. The van der Waals surface area contributed by atoms with E-state index in [2.05, 4.69) is 5.32 Å². The molecule has 0 spiro atoms. The molecule has 96 valence electrons. The fraction of sp³-hybridized carbons (Fsp3) is 0.875. The second kappa shape index (κ2) is 12.1. The SMILES string of the molecule is CC(=O)NCCSSCCCCS(=O)(=O)[O-].[Na+]. The van der Waals surface area contributed by atoms with Crippen molar-refractivity contribution in [1.29, 1.82) is 0 Å². The molecular weight excluding hydrogens is 293 g/mol. The van der Waals surface area contributed by atoms with Crippen LogP contribution in [0.1, 0.15) is 19.8 Å². The summed E-state index contributed by atoms with van der Waals surface area (Å²) in [6.45, 7) is 2.11. The fourth-order valence-corrected chi connectivity index (χ4v) is 3.44. The Kier molecular flexibility index (Phi) is 14.6. The zero-order valence-corrected chi connectivity index (χ0v) is 14.5. The Hall–Kier alpha value is 1.08. The molecule has 0 aromatic heterocycles. The Balaban J connectivity index is 0. The van der Waals surface area contributed by atoms with Crippen LogP contribution in [0.3, 0.4) is 0 Å². The molecule has 0 fully saturated rings. The summed E-state index contributed by atoms with van der Waals surface area (Å²) in [5, 5.41) is 2.67. The fourth-order valence-electron chi connectivity index (χ4n) is 0.826. The molecule has 1 N–H and O–H groups in total. The van der Waals surface area contributed by atoms with Crippen LogP contribution in [-0.2, 0) is 14.9 Å². The molecule has 0 aliphatic heterocycles. The molecule has 0 aromatic rings. The van der Waals surface area contributed by atoms with E-state index in [0.29, 0.717) is 13.0 Å². The Bertz CT molecular complexity index is 297. The first-order valence-corrected chi connectivity index (χ1v) is 8.91. The maximum Gasteiger partial charge on any atom is 1.00 e. The topological polar surface area (TPSA) is 86.3 Å². The molecule has 0 saturated carbocycles. The number of rotatable bonds is 9. The molecule has 0 aliphatic carbocycles. The summed E-state index contributed by atoms with van der Waals surface area (Å²) in [6, 6.07) is 0. The third kappa shape index (κ3) is 19.6. The number of unbranched alkanes of at least 4 members (excludes halogenated alkanes) is 1. The Morgan fingerprint density at radius 2 is 1.82 bits per heavy atom. The zero-order chi connectivity index (χ0) is 12.4. The van der Waals surface area contributed by atoms with Crippen LogP contribution in [0.2, 0.25) is 0 Å². The van der Waals surface area contributed by atoms with E-state index in [1.165, 1.54) is 6.92 Å². The van der Waals surface area contributed by atoms with E-state index >= 15 is 0 Å². The van der Waals surface area contributed by atoms with Gasteiger partial charge < -0.3 is 9.87 Å². The van der Waals surface area contributed by atoms with Gasteiger partial charge in [-0.15, -0.1) is 0 Å². The summed E-state index contributed by atoms with van der Waals surface area (Å²) in [5.74, 6) is 1.33. The van der Waals surface area contributed by atoms with Crippen molar-refractivity contribution < 1.29 is 47.3 Å². The van der Waals surface area contributed by atoms with Gasteiger partial charge in [0.1, 0.15) is 0 Å². The van der Waals surface area contributed by atoms with Gasteiger partial charge in [-0.25, -0.2) is 8.42 Å². The summed E-state index contributed by atoms with van der Waals surface area (Å²) >= 11 is 0. The Morgan fingerprint density at radius 3 is 2.35 bits per heavy atom. The summed E-state index contributed by atoms with van der Waals surface area (Å²) in [7, 11) is -0.797.